The highest BCUT2D eigenvalue weighted by Crippen LogP contribution is 2.27. The molecule has 1 N–H and O–H groups in total. The standard InChI is InChI=1S/C14H13ClN6/c15-11-5-6-12(14-10(11)2-1-7-16-14)21-13(18-19-20-21)8-17-9-3-4-9/h1-2,5-7,9,17H,3-4,8H2. The first-order chi connectivity index (χ1) is 10.3. The van der Waals surface area contributed by atoms with Crippen LogP contribution in [0.5, 0.6) is 0 Å². The smallest absolute Gasteiger partial charge is 0.170 e. The quantitative estimate of drug-likeness (QED) is 0.799. The Labute approximate surface area is 126 Å². The molecule has 1 saturated carbocycles. The zero-order valence-electron chi connectivity index (χ0n) is 11.2. The highest BCUT2D eigenvalue weighted by atomic mass is 35.5. The van der Waals surface area contributed by atoms with Crippen LogP contribution in [0.15, 0.2) is 30.5 Å². The van der Waals surface area contributed by atoms with Gasteiger partial charge in [-0.15, -0.1) is 5.10 Å². The molecule has 2 aromatic heterocycles. The van der Waals surface area contributed by atoms with Crippen molar-refractivity contribution in [2.75, 3.05) is 0 Å². The Morgan fingerprint density at radius 1 is 1.29 bits per heavy atom. The van der Waals surface area contributed by atoms with Gasteiger partial charge >= 0.3 is 0 Å². The molecule has 0 amide bonds. The van der Waals surface area contributed by atoms with Gasteiger partial charge in [-0.3, -0.25) is 4.98 Å². The highest BCUT2D eigenvalue weighted by molar-refractivity contribution is 6.35. The third-order valence-corrected chi connectivity index (χ3v) is 3.91. The molecule has 1 fully saturated rings. The van der Waals surface area contributed by atoms with Crippen LogP contribution >= 0.6 is 11.6 Å². The first kappa shape index (κ1) is 12.7. The molecule has 3 aromatic rings. The molecule has 0 radical (unpaired) electrons. The molecule has 1 aliphatic rings. The van der Waals surface area contributed by atoms with Crippen molar-refractivity contribution < 1.29 is 0 Å². The van der Waals surface area contributed by atoms with Gasteiger partial charge in [-0.05, 0) is 47.5 Å². The van der Waals surface area contributed by atoms with Gasteiger partial charge in [-0.2, -0.15) is 4.68 Å². The molecule has 0 spiro atoms. The van der Waals surface area contributed by atoms with Crippen molar-refractivity contribution in [2.24, 2.45) is 0 Å². The first-order valence-electron chi connectivity index (χ1n) is 6.87. The van der Waals surface area contributed by atoms with E-state index < -0.39 is 0 Å². The van der Waals surface area contributed by atoms with Crippen LogP contribution < -0.4 is 5.32 Å². The predicted octanol–water partition coefficient (Wildman–Crippen LogP) is 2.12. The van der Waals surface area contributed by atoms with Crippen LogP contribution in [-0.4, -0.2) is 31.2 Å². The molecule has 0 bridgehead atoms. The fourth-order valence-corrected chi connectivity index (χ4v) is 2.54. The van der Waals surface area contributed by atoms with Crippen molar-refractivity contribution in [1.29, 1.82) is 0 Å². The van der Waals surface area contributed by atoms with Crippen LogP contribution in [0.1, 0.15) is 18.7 Å². The Hall–Kier alpha value is -2.05. The average molecular weight is 301 g/mol. The van der Waals surface area contributed by atoms with Gasteiger partial charge < -0.3 is 5.32 Å². The molecule has 0 saturated heterocycles. The van der Waals surface area contributed by atoms with E-state index in [-0.39, 0.29) is 0 Å². The summed E-state index contributed by atoms with van der Waals surface area (Å²) < 4.78 is 1.72. The fourth-order valence-electron chi connectivity index (χ4n) is 2.32. The Balaban J connectivity index is 1.79. The van der Waals surface area contributed by atoms with Gasteiger partial charge in [-0.1, -0.05) is 11.6 Å². The molecular weight excluding hydrogens is 288 g/mol. The Morgan fingerprint density at radius 3 is 3.05 bits per heavy atom. The highest BCUT2D eigenvalue weighted by Gasteiger charge is 2.22. The zero-order chi connectivity index (χ0) is 14.2. The lowest BCUT2D eigenvalue weighted by Gasteiger charge is -2.09. The minimum Gasteiger partial charge on any atom is -0.307 e. The van der Waals surface area contributed by atoms with Gasteiger partial charge in [0.1, 0.15) is 0 Å². The SMILES string of the molecule is Clc1ccc(-n2nnnc2CNC2CC2)c2ncccc12. The van der Waals surface area contributed by atoms with E-state index >= 15 is 0 Å². The zero-order valence-corrected chi connectivity index (χ0v) is 12.0. The van der Waals surface area contributed by atoms with Crippen molar-refractivity contribution in [3.05, 3.63) is 41.3 Å². The molecule has 0 aliphatic heterocycles. The van der Waals surface area contributed by atoms with Gasteiger partial charge in [0.05, 0.1) is 22.8 Å². The molecule has 0 atom stereocenters. The van der Waals surface area contributed by atoms with Crippen LogP contribution in [0.25, 0.3) is 16.6 Å². The second-order valence-electron chi connectivity index (χ2n) is 5.13. The number of nitrogens with one attached hydrogen (secondary N) is 1. The summed E-state index contributed by atoms with van der Waals surface area (Å²) in [5.41, 5.74) is 1.64. The summed E-state index contributed by atoms with van der Waals surface area (Å²) in [7, 11) is 0. The van der Waals surface area contributed by atoms with Crippen molar-refractivity contribution in [3.63, 3.8) is 0 Å². The normalized spacial score (nSPS) is 14.7. The van der Waals surface area contributed by atoms with Crippen LogP contribution in [0.3, 0.4) is 0 Å². The van der Waals surface area contributed by atoms with Crippen LogP contribution in [0.2, 0.25) is 5.02 Å². The average Bonchev–Trinajstić information content (AvgIpc) is 3.23. The van der Waals surface area contributed by atoms with Crippen molar-refractivity contribution in [2.45, 2.75) is 25.4 Å². The second-order valence-corrected chi connectivity index (χ2v) is 5.54. The van der Waals surface area contributed by atoms with E-state index in [2.05, 4.69) is 25.8 Å². The number of hydrogen-bond donors (Lipinski definition) is 1. The number of halogens is 1. The van der Waals surface area contributed by atoms with E-state index in [0.29, 0.717) is 17.6 Å². The van der Waals surface area contributed by atoms with Gasteiger partial charge in [0.25, 0.3) is 0 Å². The van der Waals surface area contributed by atoms with Gasteiger partial charge in [0.2, 0.25) is 0 Å². The van der Waals surface area contributed by atoms with E-state index in [1.165, 1.54) is 12.8 Å². The number of rotatable bonds is 4. The molecule has 2 heterocycles. The summed E-state index contributed by atoms with van der Waals surface area (Å²) in [5, 5.41) is 17.0. The van der Waals surface area contributed by atoms with Crippen molar-refractivity contribution >= 4 is 22.5 Å². The third-order valence-electron chi connectivity index (χ3n) is 3.58. The number of fused-ring (bicyclic) bond motifs is 1. The van der Waals surface area contributed by atoms with Crippen molar-refractivity contribution in [3.8, 4) is 5.69 Å². The number of hydrogen-bond acceptors (Lipinski definition) is 5. The number of nitrogens with zero attached hydrogens (tertiary/aromatic N) is 5. The minimum absolute atomic E-state index is 0.607. The van der Waals surface area contributed by atoms with Gasteiger partial charge in [-0.25, -0.2) is 0 Å². The number of pyridine rings is 1. The molecule has 1 aliphatic carbocycles. The van der Waals surface area contributed by atoms with Crippen molar-refractivity contribution in [1.82, 2.24) is 30.5 Å². The van der Waals surface area contributed by atoms with Crippen LogP contribution in [-0.2, 0) is 6.54 Å². The summed E-state index contributed by atoms with van der Waals surface area (Å²) in [5.74, 6) is 0.774. The van der Waals surface area contributed by atoms with Gasteiger partial charge in [0.15, 0.2) is 5.82 Å². The van der Waals surface area contributed by atoms with Crippen LogP contribution in [0.4, 0.5) is 0 Å². The first-order valence-corrected chi connectivity index (χ1v) is 7.25. The van der Waals surface area contributed by atoms with E-state index in [1.54, 1.807) is 10.9 Å². The summed E-state index contributed by atoms with van der Waals surface area (Å²) >= 11 is 6.23. The lowest BCUT2D eigenvalue weighted by atomic mass is 10.2. The van der Waals surface area contributed by atoms with Gasteiger partial charge in [0, 0.05) is 17.6 Å². The number of aromatic nitrogens is 5. The number of benzene rings is 1. The van der Waals surface area contributed by atoms with E-state index in [1.807, 2.05) is 24.3 Å². The van der Waals surface area contributed by atoms with E-state index in [9.17, 15) is 0 Å². The Morgan fingerprint density at radius 2 is 2.19 bits per heavy atom. The Bertz CT molecular complexity index is 795. The Kier molecular flexibility index (Phi) is 3.05. The monoisotopic (exact) mass is 300 g/mol. The lowest BCUT2D eigenvalue weighted by Crippen LogP contribution is -2.19. The molecule has 0 unspecified atom stereocenters. The minimum atomic E-state index is 0.607. The topological polar surface area (TPSA) is 68.5 Å². The molecule has 21 heavy (non-hydrogen) atoms. The lowest BCUT2D eigenvalue weighted by molar-refractivity contribution is 0.638. The summed E-state index contributed by atoms with van der Waals surface area (Å²) in [4.78, 5) is 4.43. The molecular formula is C14H13ClN6. The molecule has 7 heteroatoms. The maximum Gasteiger partial charge on any atom is 0.170 e. The fraction of sp³-hybridized carbons (Fsp3) is 0.286. The van der Waals surface area contributed by atoms with E-state index in [0.717, 1.165) is 22.4 Å². The largest absolute Gasteiger partial charge is 0.307 e. The maximum absolute atomic E-state index is 6.23. The third kappa shape index (κ3) is 2.36. The summed E-state index contributed by atoms with van der Waals surface area (Å²) in [6.45, 7) is 0.647. The summed E-state index contributed by atoms with van der Waals surface area (Å²) in [6.07, 6.45) is 4.20. The molecule has 1 aromatic carbocycles. The van der Waals surface area contributed by atoms with E-state index in [4.69, 9.17) is 11.6 Å². The van der Waals surface area contributed by atoms with Crippen LogP contribution in [0, 0.1) is 0 Å². The molecule has 106 valence electrons. The second kappa shape index (κ2) is 5.05. The number of tetrazole rings is 1. The molecule has 6 nitrogen and oxygen atoms in total. The predicted molar refractivity (Wildman–Crippen MR) is 79.3 cm³/mol. The molecule has 4 rings (SSSR count). The summed E-state index contributed by atoms with van der Waals surface area (Å²) in [6, 6.07) is 8.17. The maximum atomic E-state index is 6.23.